The van der Waals surface area contributed by atoms with Crippen molar-refractivity contribution in [2.45, 2.75) is 131 Å². The van der Waals surface area contributed by atoms with Gasteiger partial charge < -0.3 is 19.7 Å². The summed E-state index contributed by atoms with van der Waals surface area (Å²) in [5, 5.41) is 36.0. The smallest absolute Gasteiger partial charge is 0.270 e. The van der Waals surface area contributed by atoms with Gasteiger partial charge in [0.15, 0.2) is 0 Å². The number of benzene rings is 3. The highest BCUT2D eigenvalue weighted by Crippen LogP contribution is 2.49. The molecule has 0 radical (unpaired) electrons. The third-order valence-corrected chi connectivity index (χ3v) is 8.00. The Balaban J connectivity index is 2.58. The van der Waals surface area contributed by atoms with Crippen molar-refractivity contribution in [2.75, 3.05) is 0 Å². The summed E-state index contributed by atoms with van der Waals surface area (Å²) < 4.78 is 13.2. The second kappa shape index (κ2) is 13.5. The van der Waals surface area contributed by atoms with E-state index in [4.69, 9.17) is 14.5 Å². The molecule has 0 aromatic heterocycles. The fraction of sp³-hybridized carbons (Fsp3) is 0.525. The van der Waals surface area contributed by atoms with Gasteiger partial charge in [0.25, 0.3) is 5.69 Å². The molecule has 0 spiro atoms. The molecule has 3 aromatic carbocycles. The highest BCUT2D eigenvalue weighted by Gasteiger charge is 2.47. The number of hydrogen-bond acceptors (Lipinski definition) is 7. The van der Waals surface area contributed by atoms with Gasteiger partial charge in [-0.05, 0) is 99.7 Å². The molecule has 0 aliphatic carbocycles. The van der Waals surface area contributed by atoms with Gasteiger partial charge in [-0.25, -0.2) is 0 Å². The second-order valence-electron chi connectivity index (χ2n) is 17.1. The Hall–Kier alpha value is -3.91. The van der Waals surface area contributed by atoms with Crippen molar-refractivity contribution >= 4 is 11.9 Å². The van der Waals surface area contributed by atoms with Crippen LogP contribution < -0.4 is 9.47 Å². The van der Waals surface area contributed by atoms with Crippen molar-refractivity contribution < 1.29 is 24.6 Å². The van der Waals surface area contributed by atoms with Gasteiger partial charge in [-0.2, -0.15) is 0 Å². The predicted octanol–water partition coefficient (Wildman–Crippen LogP) is 9.63. The van der Waals surface area contributed by atoms with Crippen LogP contribution in [0.25, 0.3) is 0 Å². The Morgan fingerprint density at radius 2 is 1.17 bits per heavy atom. The Morgan fingerprint density at radius 3 is 1.52 bits per heavy atom. The van der Waals surface area contributed by atoms with Gasteiger partial charge >= 0.3 is 0 Å². The Labute approximate surface area is 287 Å². The van der Waals surface area contributed by atoms with Gasteiger partial charge in [-0.15, -0.1) is 0 Å². The van der Waals surface area contributed by atoms with E-state index in [1.54, 1.807) is 0 Å². The van der Waals surface area contributed by atoms with E-state index in [2.05, 4.69) is 41.5 Å². The fourth-order valence-corrected chi connectivity index (χ4v) is 5.57. The van der Waals surface area contributed by atoms with E-state index < -0.39 is 27.8 Å². The third kappa shape index (κ3) is 9.16. The Morgan fingerprint density at radius 1 is 0.729 bits per heavy atom. The van der Waals surface area contributed by atoms with Gasteiger partial charge in [0.05, 0.1) is 11.0 Å². The highest BCUT2D eigenvalue weighted by atomic mass is 16.6. The Kier molecular flexibility index (Phi) is 10.9. The molecular weight excluding hydrogens is 604 g/mol. The van der Waals surface area contributed by atoms with Crippen LogP contribution in [0.3, 0.4) is 0 Å². The van der Waals surface area contributed by atoms with E-state index in [-0.39, 0.29) is 33.7 Å². The number of aliphatic imine (C=N–C) groups is 1. The number of non-ortho nitro benzene ring substituents is 1. The molecular formula is C40H56N2O6. The van der Waals surface area contributed by atoms with Crippen LogP contribution in [-0.2, 0) is 16.4 Å². The van der Waals surface area contributed by atoms with E-state index in [9.17, 15) is 20.3 Å². The molecule has 262 valence electrons. The lowest BCUT2D eigenvalue weighted by Crippen LogP contribution is -2.44. The van der Waals surface area contributed by atoms with Crippen LogP contribution in [0.15, 0.2) is 59.6 Å². The van der Waals surface area contributed by atoms with Gasteiger partial charge in [-0.1, -0.05) is 67.5 Å². The molecule has 48 heavy (non-hydrogen) atoms. The van der Waals surface area contributed by atoms with Crippen LogP contribution in [0.1, 0.15) is 125 Å². The molecule has 2 N–H and O–H groups in total. The van der Waals surface area contributed by atoms with Gasteiger partial charge in [0.1, 0.15) is 34.1 Å². The van der Waals surface area contributed by atoms with Gasteiger partial charge in [0.2, 0.25) is 0 Å². The topological polar surface area (TPSA) is 114 Å². The molecule has 0 heterocycles. The van der Waals surface area contributed by atoms with E-state index in [1.165, 1.54) is 24.4 Å². The summed E-state index contributed by atoms with van der Waals surface area (Å²) in [6, 6.07) is 14.8. The largest absolute Gasteiger partial charge is 0.507 e. The summed E-state index contributed by atoms with van der Waals surface area (Å²) in [7, 11) is 0. The quantitative estimate of drug-likeness (QED) is 0.134. The molecule has 1 unspecified atom stereocenters. The normalized spacial score (nSPS) is 14.0. The fourth-order valence-electron chi connectivity index (χ4n) is 5.57. The van der Waals surface area contributed by atoms with E-state index >= 15 is 0 Å². The van der Waals surface area contributed by atoms with E-state index in [0.717, 1.165) is 11.1 Å². The molecule has 0 aliphatic rings. The summed E-state index contributed by atoms with van der Waals surface area (Å²) in [5.74, 6) is 0.571. The summed E-state index contributed by atoms with van der Waals surface area (Å²) >= 11 is 0. The summed E-state index contributed by atoms with van der Waals surface area (Å²) in [6.07, 6.45) is 1.41. The number of nitrogens with zero attached hydrogens (tertiary/aromatic N) is 2. The molecule has 8 heteroatoms. The molecule has 3 rings (SSSR count). The number of phenolic OH excluding ortho intramolecular Hbond substituents is 1. The van der Waals surface area contributed by atoms with E-state index in [0.29, 0.717) is 22.6 Å². The van der Waals surface area contributed by atoms with Crippen LogP contribution in [0.4, 0.5) is 5.69 Å². The zero-order chi connectivity index (χ0) is 36.6. The van der Waals surface area contributed by atoms with Crippen LogP contribution in [-0.4, -0.2) is 38.6 Å². The second-order valence-corrected chi connectivity index (χ2v) is 17.1. The monoisotopic (exact) mass is 660 g/mol. The number of aromatic hydroxyl groups is 1. The minimum atomic E-state index is -1.84. The number of rotatable bonds is 9. The van der Waals surface area contributed by atoms with E-state index in [1.807, 2.05) is 91.8 Å². The summed E-state index contributed by atoms with van der Waals surface area (Å²) in [6.45, 7) is 28.4. The molecule has 1 atom stereocenters. The summed E-state index contributed by atoms with van der Waals surface area (Å²) in [5.41, 5.74) is -0.545. The lowest BCUT2D eigenvalue weighted by Gasteiger charge is -2.41. The van der Waals surface area contributed by atoms with Gasteiger partial charge in [0, 0.05) is 35.0 Å². The first-order valence-corrected chi connectivity index (χ1v) is 16.6. The zero-order valence-electron chi connectivity index (χ0n) is 31.4. The van der Waals surface area contributed by atoms with Crippen LogP contribution in [0.5, 0.6) is 17.2 Å². The first kappa shape index (κ1) is 38.5. The maximum absolute atomic E-state index is 13.8. The first-order chi connectivity index (χ1) is 21.7. The van der Waals surface area contributed by atoms with Crippen molar-refractivity contribution in [3.8, 4) is 17.2 Å². The van der Waals surface area contributed by atoms with Gasteiger partial charge in [-0.3, -0.25) is 15.1 Å². The maximum Gasteiger partial charge on any atom is 0.270 e. The minimum absolute atomic E-state index is 0.159. The molecule has 0 aliphatic heterocycles. The third-order valence-electron chi connectivity index (χ3n) is 8.00. The molecule has 8 nitrogen and oxygen atoms in total. The van der Waals surface area contributed by atoms with Crippen molar-refractivity contribution in [1.82, 2.24) is 0 Å². The number of hydrogen-bond donors (Lipinski definition) is 2. The number of phenols is 1. The van der Waals surface area contributed by atoms with Crippen LogP contribution in [0, 0.1) is 16.0 Å². The number of nitro benzene ring substituents is 1. The Bertz CT molecular complexity index is 1570. The van der Waals surface area contributed by atoms with Crippen molar-refractivity contribution in [1.29, 1.82) is 0 Å². The molecule has 0 saturated carbocycles. The van der Waals surface area contributed by atoms with Crippen molar-refractivity contribution in [3.05, 3.63) is 92.5 Å². The van der Waals surface area contributed by atoms with Crippen LogP contribution >= 0.6 is 0 Å². The predicted molar refractivity (Wildman–Crippen MR) is 195 cm³/mol. The SMILES string of the molecule is CC(C)C(N=Cc1cc([N+](=O)[O-])ccc1O)C(O)(c1cc(C(C)(C)C)ccc1OC(C)(C)C)c1cc(C(C)(C)C)ccc1OC(C)(C)C. The number of ether oxygens (including phenoxy) is 2. The summed E-state index contributed by atoms with van der Waals surface area (Å²) in [4.78, 5) is 16.0. The highest BCUT2D eigenvalue weighted by molar-refractivity contribution is 5.84. The average molecular weight is 661 g/mol. The number of nitro groups is 1. The zero-order valence-corrected chi connectivity index (χ0v) is 31.4. The molecule has 3 aromatic rings. The lowest BCUT2D eigenvalue weighted by molar-refractivity contribution is -0.384. The molecule has 0 saturated heterocycles. The lowest BCUT2D eigenvalue weighted by atomic mass is 9.72. The molecule has 0 bridgehead atoms. The molecule has 0 fully saturated rings. The maximum atomic E-state index is 13.8. The average Bonchev–Trinajstić information content (AvgIpc) is 2.91. The first-order valence-electron chi connectivity index (χ1n) is 16.6. The molecule has 0 amide bonds. The number of aliphatic hydroxyl groups is 1. The van der Waals surface area contributed by atoms with Crippen molar-refractivity contribution in [2.24, 2.45) is 10.9 Å². The van der Waals surface area contributed by atoms with Crippen molar-refractivity contribution in [3.63, 3.8) is 0 Å². The standard InChI is InChI=1S/C40H56N2O6/c1-25(2)35(41-24-26-21-29(42(45)46)17-18-32(26)43)40(44,30-22-27(36(3,4)5)15-19-33(30)47-38(9,10)11)31-23-28(37(6,7)8)16-20-34(31)48-39(12,13)14/h15-25,35,43-44H,1-14H3. The van der Waals surface area contributed by atoms with Crippen LogP contribution in [0.2, 0.25) is 0 Å². The minimum Gasteiger partial charge on any atom is -0.507 e.